The van der Waals surface area contributed by atoms with Crippen molar-refractivity contribution in [1.29, 1.82) is 0 Å². The number of rotatable bonds is 25. The van der Waals surface area contributed by atoms with E-state index in [9.17, 15) is 0 Å². The van der Waals surface area contributed by atoms with Crippen LogP contribution in [0.4, 0.5) is 0 Å². The van der Waals surface area contributed by atoms with Crippen molar-refractivity contribution in [2.24, 2.45) is 0 Å². The number of fused-ring (bicyclic) bond motifs is 8. The molecule has 0 N–H and O–H groups in total. The SMILES string of the molecule is CCCCCCCCCCCCN1C(=O)C2=C(c3ccc(-c4ccc5c(ccc6c7ccc8cc(C)ccc8c7sc56)c4)s3)N(CCCCCCCCCCCC)C(=O)C2=C1c1ccc(C)s1. The van der Waals surface area contributed by atoms with Gasteiger partial charge in [0.15, 0.2) is 0 Å². The Morgan fingerprint density at radius 3 is 1.34 bits per heavy atom. The minimum Gasteiger partial charge on any atom is -0.306 e. The fourth-order valence-electron chi connectivity index (χ4n) is 10.7. The monoisotopic (exact) mass is 946 g/mol. The van der Waals surface area contributed by atoms with Crippen molar-refractivity contribution < 1.29 is 9.59 Å². The number of carbonyl (C=O) groups is 2. The first kappa shape index (κ1) is 47.5. The first-order valence-electron chi connectivity index (χ1n) is 25.9. The first-order valence-corrected chi connectivity index (χ1v) is 28.4. The Morgan fingerprint density at radius 1 is 0.403 bits per heavy atom. The molecule has 0 unspecified atom stereocenters. The molecule has 0 bridgehead atoms. The Kier molecular flexibility index (Phi) is 15.8. The Balaban J connectivity index is 0.998. The molecule has 0 saturated carbocycles. The van der Waals surface area contributed by atoms with Gasteiger partial charge in [-0.1, -0.05) is 190 Å². The predicted octanol–water partition coefficient (Wildman–Crippen LogP) is 18.4. The van der Waals surface area contributed by atoms with Gasteiger partial charge in [-0.05, 0) is 84.1 Å². The summed E-state index contributed by atoms with van der Waals surface area (Å²) in [6, 6.07) is 31.4. The molecule has 350 valence electrons. The zero-order chi connectivity index (χ0) is 46.3. The summed E-state index contributed by atoms with van der Waals surface area (Å²) in [6.07, 6.45) is 24.8. The summed E-state index contributed by atoms with van der Waals surface area (Å²) in [5, 5.41) is 7.75. The van der Waals surface area contributed by atoms with Crippen molar-refractivity contribution >= 4 is 98.9 Å². The molecule has 0 atom stereocenters. The molecule has 0 saturated heterocycles. The second kappa shape index (κ2) is 22.2. The van der Waals surface area contributed by atoms with E-state index in [-0.39, 0.29) is 11.8 Å². The molecule has 4 aromatic carbocycles. The second-order valence-corrected chi connectivity index (χ2v) is 22.8. The molecule has 2 aliphatic rings. The number of unbranched alkanes of at least 4 members (excludes halogenated alkanes) is 18. The second-order valence-electron chi connectivity index (χ2n) is 19.4. The van der Waals surface area contributed by atoms with Crippen LogP contribution in [0.25, 0.3) is 63.6 Å². The zero-order valence-corrected chi connectivity index (χ0v) is 43.0. The van der Waals surface area contributed by atoms with Gasteiger partial charge in [-0.25, -0.2) is 0 Å². The van der Waals surface area contributed by atoms with Gasteiger partial charge in [0.2, 0.25) is 0 Å². The molecule has 0 aliphatic carbocycles. The van der Waals surface area contributed by atoms with E-state index in [1.54, 1.807) is 22.7 Å². The summed E-state index contributed by atoms with van der Waals surface area (Å²) in [7, 11) is 0. The lowest BCUT2D eigenvalue weighted by molar-refractivity contribution is -0.124. The van der Waals surface area contributed by atoms with E-state index in [1.807, 2.05) is 21.1 Å². The largest absolute Gasteiger partial charge is 0.306 e. The van der Waals surface area contributed by atoms with Gasteiger partial charge < -0.3 is 9.80 Å². The van der Waals surface area contributed by atoms with Crippen molar-refractivity contribution in [2.45, 2.75) is 156 Å². The number of amides is 2. The Morgan fingerprint density at radius 2 is 0.836 bits per heavy atom. The lowest BCUT2D eigenvalue weighted by Gasteiger charge is -2.24. The van der Waals surface area contributed by atoms with Gasteiger partial charge in [-0.15, -0.1) is 34.0 Å². The summed E-state index contributed by atoms with van der Waals surface area (Å²) in [5.74, 6) is -0.00589. The number of hydrogen-bond acceptors (Lipinski definition) is 5. The first-order chi connectivity index (χ1) is 32.9. The number of aryl methyl sites for hydroxylation is 2. The van der Waals surface area contributed by atoms with Crippen molar-refractivity contribution in [2.75, 3.05) is 13.1 Å². The number of carbonyl (C=O) groups excluding carboxylic acids is 2. The minimum atomic E-state index is -0.00294. The van der Waals surface area contributed by atoms with Crippen LogP contribution in [0.5, 0.6) is 0 Å². The van der Waals surface area contributed by atoms with Crippen LogP contribution in [-0.4, -0.2) is 34.7 Å². The number of thiophene rings is 3. The standard InChI is InChI=1S/C60H70N2O2S3/c1-5-7-9-11-13-15-17-19-21-23-37-61-55(51-34-26-42(4)65-51)53-54(60(61)64)56(62(59(53)63)38-24-22-20-18-16-14-12-10-8-6-2)52-36-35-50(66-52)45-29-31-47-44(40-45)28-33-49-48-32-27-43-39-41(3)25-30-46(43)57(48)67-58(47)49/h25-36,39-40H,5-24,37-38H2,1-4H3. The molecular formula is C60H70N2O2S3. The van der Waals surface area contributed by atoms with Crippen LogP contribution < -0.4 is 0 Å². The van der Waals surface area contributed by atoms with Crippen molar-refractivity contribution in [3.63, 3.8) is 0 Å². The summed E-state index contributed by atoms with van der Waals surface area (Å²) < 4.78 is 2.68. The maximum atomic E-state index is 15.0. The fraction of sp³-hybridized carbons (Fsp3) is 0.433. The number of hydrogen-bond donors (Lipinski definition) is 0. The van der Waals surface area contributed by atoms with Crippen LogP contribution in [0.15, 0.2) is 96.1 Å². The summed E-state index contributed by atoms with van der Waals surface area (Å²) in [4.78, 5) is 38.4. The van der Waals surface area contributed by atoms with Gasteiger partial charge in [0.05, 0.1) is 32.3 Å². The average Bonchev–Trinajstić information content (AvgIpc) is 4.17. The molecule has 0 spiro atoms. The van der Waals surface area contributed by atoms with Crippen LogP contribution in [-0.2, 0) is 9.59 Å². The average molecular weight is 947 g/mol. The van der Waals surface area contributed by atoms with E-state index in [1.165, 1.54) is 155 Å². The van der Waals surface area contributed by atoms with E-state index in [0.717, 1.165) is 57.3 Å². The molecule has 0 fully saturated rings. The van der Waals surface area contributed by atoms with Crippen molar-refractivity contribution in [3.05, 3.63) is 116 Å². The van der Waals surface area contributed by atoms with Crippen molar-refractivity contribution in [1.82, 2.24) is 9.80 Å². The van der Waals surface area contributed by atoms with Gasteiger partial charge in [-0.3, -0.25) is 9.59 Å². The molecular weight excluding hydrogens is 877 g/mol. The lowest BCUT2D eigenvalue weighted by Crippen LogP contribution is -2.30. The highest BCUT2D eigenvalue weighted by molar-refractivity contribution is 7.27. The van der Waals surface area contributed by atoms with Gasteiger partial charge in [-0.2, -0.15) is 0 Å². The van der Waals surface area contributed by atoms with E-state index >= 15 is 9.59 Å². The molecule has 9 rings (SSSR count). The molecule has 4 nitrogen and oxygen atoms in total. The van der Waals surface area contributed by atoms with Gasteiger partial charge >= 0.3 is 0 Å². The molecule has 5 heterocycles. The summed E-state index contributed by atoms with van der Waals surface area (Å²) >= 11 is 5.32. The van der Waals surface area contributed by atoms with Crippen LogP contribution >= 0.6 is 34.0 Å². The Hall–Kier alpha value is -4.56. The van der Waals surface area contributed by atoms with Gasteiger partial charge in [0.1, 0.15) is 0 Å². The highest BCUT2D eigenvalue weighted by atomic mass is 32.1. The molecule has 2 aliphatic heterocycles. The van der Waals surface area contributed by atoms with Crippen LogP contribution in [0.1, 0.15) is 162 Å². The molecule has 67 heavy (non-hydrogen) atoms. The van der Waals surface area contributed by atoms with Crippen LogP contribution in [0.2, 0.25) is 0 Å². The lowest BCUT2D eigenvalue weighted by atomic mass is 10.0. The van der Waals surface area contributed by atoms with E-state index in [4.69, 9.17) is 0 Å². The normalized spacial score (nSPS) is 14.3. The highest BCUT2D eigenvalue weighted by Gasteiger charge is 2.49. The predicted molar refractivity (Wildman–Crippen MR) is 292 cm³/mol. The maximum absolute atomic E-state index is 15.0. The molecule has 3 aromatic heterocycles. The van der Waals surface area contributed by atoms with Crippen LogP contribution in [0.3, 0.4) is 0 Å². The smallest absolute Gasteiger partial charge is 0.261 e. The molecule has 0 radical (unpaired) electrons. The van der Waals surface area contributed by atoms with E-state index < -0.39 is 0 Å². The maximum Gasteiger partial charge on any atom is 0.261 e. The molecule has 2 amide bonds. The third kappa shape index (κ3) is 10.3. The number of nitrogens with zero attached hydrogens (tertiary/aromatic N) is 2. The summed E-state index contributed by atoms with van der Waals surface area (Å²) in [5.41, 5.74) is 5.34. The third-order valence-electron chi connectivity index (χ3n) is 14.3. The zero-order valence-electron chi connectivity index (χ0n) is 40.6. The third-order valence-corrected chi connectivity index (χ3v) is 17.8. The van der Waals surface area contributed by atoms with Crippen LogP contribution in [0, 0.1) is 13.8 Å². The minimum absolute atomic E-state index is 0.00294. The molecule has 7 heteroatoms. The topological polar surface area (TPSA) is 40.6 Å². The van der Waals surface area contributed by atoms with Gasteiger partial charge in [0.25, 0.3) is 11.8 Å². The van der Waals surface area contributed by atoms with E-state index in [2.05, 4.69) is 113 Å². The highest BCUT2D eigenvalue weighted by Crippen LogP contribution is 2.50. The number of benzene rings is 4. The van der Waals surface area contributed by atoms with Gasteiger partial charge in [0, 0.05) is 43.0 Å². The Labute approximate surface area is 411 Å². The quantitative estimate of drug-likeness (QED) is 0.0536. The summed E-state index contributed by atoms with van der Waals surface area (Å²) in [6.45, 7) is 10.1. The van der Waals surface area contributed by atoms with E-state index in [0.29, 0.717) is 24.2 Å². The van der Waals surface area contributed by atoms with Crippen molar-refractivity contribution in [3.8, 4) is 10.4 Å². The Bertz CT molecular complexity index is 2940. The molecule has 7 aromatic rings. The fourth-order valence-corrected chi connectivity index (χ4v) is 14.0.